The normalized spacial score (nSPS) is 10.5. The second-order valence-electron chi connectivity index (χ2n) is 12.7. The summed E-state index contributed by atoms with van der Waals surface area (Å²) < 4.78 is 0. The maximum Gasteiger partial charge on any atom is 0.0617 e. The van der Waals surface area contributed by atoms with Crippen LogP contribution in [0.25, 0.3) is 66.1 Å². The molecule has 0 fully saturated rings. The van der Waals surface area contributed by atoms with E-state index in [0.717, 1.165) is 17.1 Å². The van der Waals surface area contributed by atoms with Crippen LogP contribution in [0.1, 0.15) is 40.5 Å². The molecule has 2 heteroatoms. The van der Waals surface area contributed by atoms with E-state index in [-0.39, 0.29) is 0 Å². The number of hydrogen-bond acceptors (Lipinski definition) is 2. The number of para-hydroxylation sites is 2. The van der Waals surface area contributed by atoms with Gasteiger partial charge in [0, 0.05) is 5.69 Å². The van der Waals surface area contributed by atoms with E-state index in [1.807, 2.05) is 38.1 Å². The molecule has 0 saturated heterocycles. The van der Waals surface area contributed by atoms with Crippen molar-refractivity contribution in [1.82, 2.24) is 0 Å². The summed E-state index contributed by atoms with van der Waals surface area (Å²) in [7, 11) is 0. The van der Waals surface area contributed by atoms with E-state index >= 15 is 0 Å². The van der Waals surface area contributed by atoms with Crippen LogP contribution in [-0.4, -0.2) is 0 Å². The Bertz CT molecular complexity index is 2280. The van der Waals surface area contributed by atoms with Crippen molar-refractivity contribution in [2.75, 3.05) is 11.1 Å². The van der Waals surface area contributed by atoms with Gasteiger partial charge in [-0.05, 0) is 90.3 Å². The summed E-state index contributed by atoms with van der Waals surface area (Å²) in [5.41, 5.74) is 18.6. The zero-order valence-electron chi connectivity index (χ0n) is 30.7. The molecule has 0 atom stereocenters. The zero-order valence-corrected chi connectivity index (χ0v) is 30.7. The molecule has 0 spiro atoms. The third-order valence-corrected chi connectivity index (χ3v) is 9.34. The van der Waals surface area contributed by atoms with Crippen molar-refractivity contribution in [3.8, 4) is 44.5 Å². The average Bonchev–Trinajstić information content (AvgIpc) is 3.22. The fourth-order valence-electron chi connectivity index (χ4n) is 6.55. The lowest BCUT2D eigenvalue weighted by Crippen LogP contribution is -1.95. The Balaban J connectivity index is 0.000000726. The van der Waals surface area contributed by atoms with Crippen molar-refractivity contribution in [3.05, 3.63) is 176 Å². The van der Waals surface area contributed by atoms with E-state index in [0.29, 0.717) is 0 Å². The number of benzene rings is 8. The Morgan fingerprint density at radius 2 is 0.692 bits per heavy atom. The van der Waals surface area contributed by atoms with Gasteiger partial charge in [-0.25, -0.2) is 0 Å². The lowest BCUT2D eigenvalue weighted by atomic mass is 9.85. The largest absolute Gasteiger partial charge is 0.397 e. The van der Waals surface area contributed by atoms with Gasteiger partial charge in [0.25, 0.3) is 0 Å². The minimum absolute atomic E-state index is 0.730. The lowest BCUT2D eigenvalue weighted by molar-refractivity contribution is 0.886. The monoisotopic (exact) mass is 676 g/mol. The van der Waals surface area contributed by atoms with Crippen LogP contribution >= 0.6 is 0 Å². The smallest absolute Gasteiger partial charge is 0.0617 e. The topological polar surface area (TPSA) is 38.0 Å². The first-order valence-corrected chi connectivity index (χ1v) is 18.6. The highest BCUT2D eigenvalue weighted by Gasteiger charge is 2.16. The molecular weight excluding hydrogens is 629 g/mol. The Labute approximate surface area is 309 Å². The van der Waals surface area contributed by atoms with Gasteiger partial charge in [-0.15, -0.1) is 0 Å². The van der Waals surface area contributed by atoms with Crippen LogP contribution in [0.2, 0.25) is 0 Å². The molecule has 0 amide bonds. The van der Waals surface area contributed by atoms with E-state index < -0.39 is 0 Å². The van der Waals surface area contributed by atoms with Gasteiger partial charge >= 0.3 is 0 Å². The van der Waals surface area contributed by atoms with Crippen molar-refractivity contribution in [2.45, 2.75) is 40.5 Å². The standard InChI is InChI=1S/C44H32N2.C4H10.C2H6/c45-41-16-8-9-17-42(41)46-36-28-26-35(27-29-36)44-39-14-6-4-12-37(39)43(38-13-5-7-15-40(38)44)34-24-22-33(23-25-34)32-20-18-31(19-21-32)30-10-2-1-3-11-30;1-3-4-2;1-2/h1-29,46H,45H2;3-4H2,1-2H3;1-2H3. The summed E-state index contributed by atoms with van der Waals surface area (Å²) in [6.07, 6.45) is 2.64. The number of fused-ring (bicyclic) bond motifs is 2. The van der Waals surface area contributed by atoms with Crippen molar-refractivity contribution in [3.63, 3.8) is 0 Å². The third kappa shape index (κ3) is 7.77. The second kappa shape index (κ2) is 17.2. The van der Waals surface area contributed by atoms with Crippen molar-refractivity contribution >= 4 is 38.6 Å². The molecule has 3 N–H and O–H groups in total. The summed E-state index contributed by atoms with van der Waals surface area (Å²) in [6.45, 7) is 8.36. The number of anilines is 3. The number of unbranched alkanes of at least 4 members (excludes halogenated alkanes) is 1. The van der Waals surface area contributed by atoms with Crippen LogP contribution in [0.5, 0.6) is 0 Å². The summed E-state index contributed by atoms with van der Waals surface area (Å²) >= 11 is 0. The van der Waals surface area contributed by atoms with Crippen molar-refractivity contribution in [2.24, 2.45) is 0 Å². The van der Waals surface area contributed by atoms with Gasteiger partial charge in [-0.1, -0.05) is 192 Å². The van der Waals surface area contributed by atoms with Crippen LogP contribution < -0.4 is 11.1 Å². The summed E-state index contributed by atoms with van der Waals surface area (Å²) in [5, 5.41) is 8.43. The highest BCUT2D eigenvalue weighted by molar-refractivity contribution is 6.21. The number of nitrogen functional groups attached to an aromatic ring is 1. The summed E-state index contributed by atoms with van der Waals surface area (Å²) in [4.78, 5) is 0. The zero-order chi connectivity index (χ0) is 36.3. The molecule has 0 aliphatic heterocycles. The lowest BCUT2D eigenvalue weighted by Gasteiger charge is -2.18. The molecule has 0 aliphatic rings. The van der Waals surface area contributed by atoms with Crippen LogP contribution in [0.3, 0.4) is 0 Å². The quantitative estimate of drug-likeness (QED) is 0.130. The molecule has 8 rings (SSSR count). The molecule has 0 bridgehead atoms. The predicted octanol–water partition coefficient (Wildman–Crippen LogP) is 14.8. The molecule has 258 valence electrons. The number of rotatable bonds is 7. The maximum absolute atomic E-state index is 6.18. The first-order valence-electron chi connectivity index (χ1n) is 18.6. The highest BCUT2D eigenvalue weighted by atomic mass is 14.9. The van der Waals surface area contributed by atoms with Gasteiger partial charge in [0.15, 0.2) is 0 Å². The van der Waals surface area contributed by atoms with Crippen LogP contribution in [0.15, 0.2) is 176 Å². The fourth-order valence-corrected chi connectivity index (χ4v) is 6.55. The predicted molar refractivity (Wildman–Crippen MR) is 229 cm³/mol. The van der Waals surface area contributed by atoms with E-state index in [9.17, 15) is 0 Å². The van der Waals surface area contributed by atoms with Gasteiger partial charge < -0.3 is 11.1 Å². The highest BCUT2D eigenvalue weighted by Crippen LogP contribution is 2.44. The minimum Gasteiger partial charge on any atom is -0.397 e. The molecule has 52 heavy (non-hydrogen) atoms. The van der Waals surface area contributed by atoms with Gasteiger partial charge in [0.1, 0.15) is 0 Å². The molecule has 8 aromatic rings. The number of nitrogens with two attached hydrogens (primary N) is 1. The Morgan fingerprint density at radius 1 is 0.365 bits per heavy atom. The van der Waals surface area contributed by atoms with Crippen LogP contribution in [0, 0.1) is 0 Å². The first kappa shape index (κ1) is 35.7. The maximum atomic E-state index is 6.18. The van der Waals surface area contributed by atoms with Crippen molar-refractivity contribution < 1.29 is 0 Å². The van der Waals surface area contributed by atoms with Crippen LogP contribution in [-0.2, 0) is 0 Å². The SMILES string of the molecule is CC.CCCC.Nc1ccccc1Nc1ccc(-c2c3ccccc3c(-c3ccc(-c4ccc(-c5ccccc5)cc4)cc3)c3ccccc23)cc1. The number of nitrogens with one attached hydrogen (secondary N) is 1. The fraction of sp³-hybridized carbons (Fsp3) is 0.120. The molecule has 0 saturated carbocycles. The first-order chi connectivity index (χ1) is 25.6. The number of hydrogen-bond donors (Lipinski definition) is 2. The Kier molecular flexibility index (Phi) is 11.8. The van der Waals surface area contributed by atoms with Crippen molar-refractivity contribution in [1.29, 1.82) is 0 Å². The van der Waals surface area contributed by atoms with Gasteiger partial charge in [0.05, 0.1) is 11.4 Å². The molecule has 8 aromatic carbocycles. The minimum atomic E-state index is 0.730. The molecule has 2 nitrogen and oxygen atoms in total. The molecular formula is C50H48N2. The average molecular weight is 677 g/mol. The molecule has 0 radical (unpaired) electrons. The molecule has 0 aliphatic carbocycles. The van der Waals surface area contributed by atoms with Gasteiger partial charge in [0.2, 0.25) is 0 Å². The van der Waals surface area contributed by atoms with E-state index in [4.69, 9.17) is 5.73 Å². The van der Waals surface area contributed by atoms with E-state index in [1.54, 1.807) is 0 Å². The Morgan fingerprint density at radius 3 is 1.10 bits per heavy atom. The van der Waals surface area contributed by atoms with Gasteiger partial charge in [-0.2, -0.15) is 0 Å². The van der Waals surface area contributed by atoms with E-state index in [2.05, 4.69) is 171 Å². The van der Waals surface area contributed by atoms with Gasteiger partial charge in [-0.3, -0.25) is 0 Å². The Hall–Kier alpha value is -6.12. The third-order valence-electron chi connectivity index (χ3n) is 9.34. The van der Waals surface area contributed by atoms with Crippen LogP contribution in [0.4, 0.5) is 17.1 Å². The summed E-state index contributed by atoms with van der Waals surface area (Å²) in [6, 6.07) is 62.5. The summed E-state index contributed by atoms with van der Waals surface area (Å²) in [5.74, 6) is 0. The second-order valence-corrected chi connectivity index (χ2v) is 12.7. The molecule has 0 unspecified atom stereocenters. The molecule has 0 aromatic heterocycles. The molecule has 0 heterocycles. The van der Waals surface area contributed by atoms with E-state index in [1.165, 1.54) is 78.9 Å².